The fourth-order valence-electron chi connectivity index (χ4n) is 2.67. The van der Waals surface area contributed by atoms with E-state index in [4.69, 9.17) is 9.47 Å². The summed E-state index contributed by atoms with van der Waals surface area (Å²) < 4.78 is 11.7. The summed E-state index contributed by atoms with van der Waals surface area (Å²) in [5, 5.41) is 20.0. The molecule has 1 heterocycles. The lowest BCUT2D eigenvalue weighted by atomic mass is 10.1. The Hall–Kier alpha value is -3.27. The van der Waals surface area contributed by atoms with Crippen LogP contribution in [0.5, 0.6) is 17.4 Å². The molecule has 2 rings (SSSR count). The number of aromatic hydroxyl groups is 1. The van der Waals surface area contributed by atoms with E-state index in [0.717, 1.165) is 0 Å². The Bertz CT molecular complexity index is 946. The maximum atomic E-state index is 12.5. The molecule has 7 heteroatoms. The number of methoxy groups -OCH3 is 2. The molecular weight excluding hydrogens is 346 g/mol. The highest BCUT2D eigenvalue weighted by Gasteiger charge is 2.18. The Morgan fingerprint density at radius 2 is 1.85 bits per heavy atom. The first-order chi connectivity index (χ1) is 12.8. The van der Waals surface area contributed by atoms with Crippen LogP contribution in [0.3, 0.4) is 0 Å². The molecule has 0 amide bonds. The molecule has 0 saturated heterocycles. The van der Waals surface area contributed by atoms with Crippen LogP contribution in [0, 0.1) is 24.2 Å². The second kappa shape index (κ2) is 8.41. The van der Waals surface area contributed by atoms with Crippen molar-refractivity contribution < 1.29 is 14.6 Å². The maximum Gasteiger partial charge on any atom is 0.271 e. The second-order valence-corrected chi connectivity index (χ2v) is 6.49. The molecule has 0 unspecified atom stereocenters. The zero-order valence-corrected chi connectivity index (χ0v) is 16.1. The SMILES string of the molecule is COc1cc(N=Cc2c(C)c(C#N)c(=O)n(CC(C)C)c2O)cc(OC)c1. The smallest absolute Gasteiger partial charge is 0.271 e. The van der Waals surface area contributed by atoms with E-state index < -0.39 is 5.56 Å². The van der Waals surface area contributed by atoms with Crippen LogP contribution in [0.4, 0.5) is 5.69 Å². The van der Waals surface area contributed by atoms with Crippen molar-refractivity contribution in [3.8, 4) is 23.4 Å². The molecule has 0 spiro atoms. The molecule has 1 aromatic heterocycles. The first-order valence-corrected chi connectivity index (χ1v) is 8.46. The highest BCUT2D eigenvalue weighted by atomic mass is 16.5. The van der Waals surface area contributed by atoms with Gasteiger partial charge in [0.25, 0.3) is 5.56 Å². The number of nitrogens with zero attached hydrogens (tertiary/aromatic N) is 3. The van der Waals surface area contributed by atoms with Gasteiger partial charge in [0, 0.05) is 31.0 Å². The van der Waals surface area contributed by atoms with Crippen LogP contribution in [-0.2, 0) is 6.54 Å². The highest BCUT2D eigenvalue weighted by Crippen LogP contribution is 2.28. The maximum absolute atomic E-state index is 12.5. The number of aromatic nitrogens is 1. The number of pyridine rings is 1. The molecule has 1 aromatic carbocycles. The van der Waals surface area contributed by atoms with Gasteiger partial charge in [0.05, 0.1) is 25.5 Å². The van der Waals surface area contributed by atoms with Gasteiger partial charge in [-0.1, -0.05) is 13.8 Å². The topological polar surface area (TPSA) is 96.8 Å². The summed E-state index contributed by atoms with van der Waals surface area (Å²) in [5.41, 5.74) is 0.761. The van der Waals surface area contributed by atoms with Gasteiger partial charge < -0.3 is 14.6 Å². The van der Waals surface area contributed by atoms with Gasteiger partial charge in [-0.25, -0.2) is 0 Å². The van der Waals surface area contributed by atoms with Crippen molar-refractivity contribution in [3.63, 3.8) is 0 Å². The van der Waals surface area contributed by atoms with E-state index >= 15 is 0 Å². The van der Waals surface area contributed by atoms with Gasteiger partial charge >= 0.3 is 0 Å². The lowest BCUT2D eigenvalue weighted by Crippen LogP contribution is -2.27. The molecule has 0 aliphatic heterocycles. The zero-order chi connectivity index (χ0) is 20.1. The fourth-order valence-corrected chi connectivity index (χ4v) is 2.67. The lowest BCUT2D eigenvalue weighted by molar-refractivity contribution is 0.381. The van der Waals surface area contributed by atoms with Crippen LogP contribution < -0.4 is 15.0 Å². The number of hydrogen-bond acceptors (Lipinski definition) is 6. The molecule has 0 bridgehead atoms. The predicted octanol–water partition coefficient (Wildman–Crippen LogP) is 3.16. The van der Waals surface area contributed by atoms with Crippen LogP contribution in [0.25, 0.3) is 0 Å². The Balaban J connectivity index is 2.61. The van der Waals surface area contributed by atoms with Gasteiger partial charge in [-0.2, -0.15) is 5.26 Å². The van der Waals surface area contributed by atoms with Gasteiger partial charge in [0.1, 0.15) is 23.1 Å². The summed E-state index contributed by atoms with van der Waals surface area (Å²) in [4.78, 5) is 16.8. The summed E-state index contributed by atoms with van der Waals surface area (Å²) >= 11 is 0. The molecule has 0 fully saturated rings. The summed E-state index contributed by atoms with van der Waals surface area (Å²) in [6, 6.07) is 7.07. The Labute approximate surface area is 158 Å². The standard InChI is InChI=1S/C20H23N3O4/c1-12(2)11-23-19(24)17(9-21)13(3)18(20(23)25)10-22-14-6-15(26-4)8-16(7-14)27-5/h6-8,10,12,25H,11H2,1-5H3. The minimum Gasteiger partial charge on any atom is -0.497 e. The van der Waals surface area contributed by atoms with E-state index in [1.807, 2.05) is 19.9 Å². The number of nitriles is 1. The van der Waals surface area contributed by atoms with E-state index in [-0.39, 0.29) is 17.4 Å². The summed E-state index contributed by atoms with van der Waals surface area (Å²) in [6.07, 6.45) is 1.44. The van der Waals surface area contributed by atoms with Gasteiger partial charge in [-0.05, 0) is 18.4 Å². The molecule has 0 aliphatic rings. The van der Waals surface area contributed by atoms with Crippen LogP contribution in [0.2, 0.25) is 0 Å². The number of benzene rings is 1. The first kappa shape index (κ1) is 20.0. The normalized spacial score (nSPS) is 11.0. The van der Waals surface area contributed by atoms with Crippen molar-refractivity contribution in [1.82, 2.24) is 4.57 Å². The van der Waals surface area contributed by atoms with Crippen molar-refractivity contribution >= 4 is 11.9 Å². The summed E-state index contributed by atoms with van der Waals surface area (Å²) in [6.45, 7) is 5.77. The van der Waals surface area contributed by atoms with E-state index in [1.165, 1.54) is 10.8 Å². The van der Waals surface area contributed by atoms with Gasteiger partial charge in [-0.3, -0.25) is 14.4 Å². The van der Waals surface area contributed by atoms with Crippen molar-refractivity contribution in [2.45, 2.75) is 27.3 Å². The average molecular weight is 369 g/mol. The predicted molar refractivity (Wildman–Crippen MR) is 103 cm³/mol. The third-order valence-electron chi connectivity index (χ3n) is 4.07. The Morgan fingerprint density at radius 1 is 1.26 bits per heavy atom. The number of hydrogen-bond donors (Lipinski definition) is 1. The minimum absolute atomic E-state index is 0.00174. The van der Waals surface area contributed by atoms with E-state index in [1.54, 1.807) is 39.3 Å². The van der Waals surface area contributed by atoms with Crippen LogP contribution in [0.15, 0.2) is 28.0 Å². The molecule has 1 N–H and O–H groups in total. The molecule has 27 heavy (non-hydrogen) atoms. The highest BCUT2D eigenvalue weighted by molar-refractivity contribution is 5.87. The number of aliphatic imine (C=N–C) groups is 1. The van der Waals surface area contributed by atoms with Gasteiger partial charge in [-0.15, -0.1) is 0 Å². The number of rotatable bonds is 6. The largest absolute Gasteiger partial charge is 0.497 e. The zero-order valence-electron chi connectivity index (χ0n) is 16.1. The fraction of sp³-hybridized carbons (Fsp3) is 0.350. The summed E-state index contributed by atoms with van der Waals surface area (Å²) in [5.74, 6) is 1.06. The van der Waals surface area contributed by atoms with Crippen LogP contribution >= 0.6 is 0 Å². The molecule has 0 saturated carbocycles. The van der Waals surface area contributed by atoms with Crippen LogP contribution in [0.1, 0.15) is 30.5 Å². The molecular formula is C20H23N3O4. The van der Waals surface area contributed by atoms with Crippen molar-refractivity contribution in [2.75, 3.05) is 14.2 Å². The van der Waals surface area contributed by atoms with Gasteiger partial charge in [0.15, 0.2) is 0 Å². The van der Waals surface area contributed by atoms with Crippen molar-refractivity contribution in [3.05, 3.63) is 45.2 Å². The van der Waals surface area contributed by atoms with E-state index in [9.17, 15) is 15.2 Å². The lowest BCUT2D eigenvalue weighted by Gasteiger charge is -2.15. The quantitative estimate of drug-likeness (QED) is 0.789. The molecule has 0 radical (unpaired) electrons. The molecule has 0 aliphatic carbocycles. The van der Waals surface area contributed by atoms with E-state index in [0.29, 0.717) is 34.9 Å². The Kier molecular flexibility index (Phi) is 6.24. The molecule has 142 valence electrons. The van der Waals surface area contributed by atoms with Gasteiger partial charge in [0.2, 0.25) is 5.88 Å². The third kappa shape index (κ3) is 4.29. The van der Waals surface area contributed by atoms with Crippen molar-refractivity contribution in [1.29, 1.82) is 5.26 Å². The average Bonchev–Trinajstić information content (AvgIpc) is 2.65. The minimum atomic E-state index is -0.499. The molecule has 7 nitrogen and oxygen atoms in total. The molecule has 0 atom stereocenters. The first-order valence-electron chi connectivity index (χ1n) is 8.46. The third-order valence-corrected chi connectivity index (χ3v) is 4.07. The Morgan fingerprint density at radius 3 is 2.33 bits per heavy atom. The molecule has 2 aromatic rings. The number of ether oxygens (including phenoxy) is 2. The monoisotopic (exact) mass is 369 g/mol. The second-order valence-electron chi connectivity index (χ2n) is 6.49. The van der Waals surface area contributed by atoms with E-state index in [2.05, 4.69) is 4.99 Å². The van der Waals surface area contributed by atoms with Crippen molar-refractivity contribution in [2.24, 2.45) is 10.9 Å². The summed E-state index contributed by atoms with van der Waals surface area (Å²) in [7, 11) is 3.08. The van der Waals surface area contributed by atoms with Crippen LogP contribution in [-0.4, -0.2) is 30.1 Å².